The van der Waals surface area contributed by atoms with Crippen LogP contribution < -0.4 is 10.2 Å². The number of nitrogens with one attached hydrogen (secondary N) is 1. The second-order valence-electron chi connectivity index (χ2n) is 8.44. The summed E-state index contributed by atoms with van der Waals surface area (Å²) < 4.78 is 5.96. The van der Waals surface area contributed by atoms with E-state index >= 15 is 0 Å². The van der Waals surface area contributed by atoms with E-state index in [-0.39, 0.29) is 23.3 Å². The van der Waals surface area contributed by atoms with Crippen molar-refractivity contribution < 1.29 is 9.53 Å². The maximum atomic E-state index is 12.6. The predicted octanol–water partition coefficient (Wildman–Crippen LogP) is 4.90. The van der Waals surface area contributed by atoms with Crippen LogP contribution in [0.3, 0.4) is 0 Å². The van der Waals surface area contributed by atoms with Crippen molar-refractivity contribution in [1.82, 2.24) is 5.43 Å². The van der Waals surface area contributed by atoms with Crippen molar-refractivity contribution >= 4 is 22.9 Å². The summed E-state index contributed by atoms with van der Waals surface area (Å²) in [6.07, 6.45) is 6.63. The first-order valence-corrected chi connectivity index (χ1v) is 10.0. The number of rotatable bonds is 5. The summed E-state index contributed by atoms with van der Waals surface area (Å²) in [5, 5.41) is 6.50. The van der Waals surface area contributed by atoms with Crippen molar-refractivity contribution in [2.75, 3.05) is 0 Å². The van der Waals surface area contributed by atoms with Gasteiger partial charge in [-0.3, -0.25) is 4.79 Å². The lowest BCUT2D eigenvalue weighted by molar-refractivity contribution is -0.123. The summed E-state index contributed by atoms with van der Waals surface area (Å²) in [6.45, 7) is 6.27. The van der Waals surface area contributed by atoms with Gasteiger partial charge >= 0.3 is 0 Å². The molecule has 2 saturated carbocycles. The zero-order chi connectivity index (χ0) is 19.0. The van der Waals surface area contributed by atoms with Crippen LogP contribution >= 0.6 is 0 Å². The molecule has 0 saturated heterocycles. The smallest absolute Gasteiger partial charge is 0.244 e. The van der Waals surface area contributed by atoms with Gasteiger partial charge in [0, 0.05) is 11.5 Å². The Balaban J connectivity index is 1.54. The fourth-order valence-electron chi connectivity index (χ4n) is 4.85. The van der Waals surface area contributed by atoms with Crippen molar-refractivity contribution in [2.45, 2.75) is 52.6 Å². The van der Waals surface area contributed by atoms with E-state index in [1.54, 1.807) is 6.21 Å². The van der Waals surface area contributed by atoms with Crippen molar-refractivity contribution in [2.24, 2.45) is 22.4 Å². The molecule has 0 radical (unpaired) electrons. The fourth-order valence-corrected chi connectivity index (χ4v) is 4.85. The third-order valence-corrected chi connectivity index (χ3v) is 6.28. The second kappa shape index (κ2) is 6.99. The Labute approximate surface area is 161 Å². The molecule has 4 heteroatoms. The Morgan fingerprint density at radius 2 is 2.07 bits per heavy atom. The second-order valence-corrected chi connectivity index (χ2v) is 8.44. The number of benzene rings is 2. The molecule has 1 amide bonds. The van der Waals surface area contributed by atoms with E-state index in [4.69, 9.17) is 4.74 Å². The van der Waals surface area contributed by atoms with Crippen LogP contribution in [0, 0.1) is 17.3 Å². The third kappa shape index (κ3) is 3.33. The summed E-state index contributed by atoms with van der Waals surface area (Å²) >= 11 is 0. The normalized spacial score (nSPS) is 27.0. The molecule has 4 nitrogen and oxygen atoms in total. The molecule has 0 aromatic heterocycles. The highest BCUT2D eigenvalue weighted by atomic mass is 16.5. The Bertz CT molecular complexity index is 889. The van der Waals surface area contributed by atoms with Gasteiger partial charge in [0.05, 0.1) is 12.3 Å². The van der Waals surface area contributed by atoms with Gasteiger partial charge in [-0.15, -0.1) is 0 Å². The molecule has 2 aromatic rings. The first-order valence-electron chi connectivity index (χ1n) is 10.0. The Kier molecular flexibility index (Phi) is 4.67. The summed E-state index contributed by atoms with van der Waals surface area (Å²) in [5.74, 6) is 1.51. The minimum Gasteiger partial charge on any atom is -0.490 e. The molecular formula is C23H28N2O2. The zero-order valence-electron chi connectivity index (χ0n) is 16.4. The zero-order valence-corrected chi connectivity index (χ0v) is 16.4. The molecule has 2 aliphatic rings. The molecule has 2 fully saturated rings. The quantitative estimate of drug-likeness (QED) is 0.606. The fraction of sp³-hybridized carbons (Fsp3) is 0.478. The molecule has 0 aliphatic heterocycles. The lowest BCUT2D eigenvalue weighted by Crippen LogP contribution is -2.22. The number of amides is 1. The monoisotopic (exact) mass is 364 g/mol. The molecule has 3 unspecified atom stereocenters. The average molecular weight is 364 g/mol. The molecule has 142 valence electrons. The highest BCUT2D eigenvalue weighted by molar-refractivity contribution is 6.02. The van der Waals surface area contributed by atoms with Crippen molar-refractivity contribution in [3.05, 3.63) is 42.0 Å². The largest absolute Gasteiger partial charge is 0.490 e. The van der Waals surface area contributed by atoms with Crippen LogP contribution in [0.2, 0.25) is 0 Å². The van der Waals surface area contributed by atoms with Gasteiger partial charge in [-0.25, -0.2) is 5.43 Å². The van der Waals surface area contributed by atoms with E-state index in [0.717, 1.165) is 28.5 Å². The lowest BCUT2D eigenvalue weighted by Gasteiger charge is -2.15. The number of carbonyl (C=O) groups excluding carboxylic acids is 1. The minimum absolute atomic E-state index is 0.0622. The average Bonchev–Trinajstić information content (AvgIpc) is 3.28. The summed E-state index contributed by atoms with van der Waals surface area (Å²) in [4.78, 5) is 12.6. The number of hydrogen-bond acceptors (Lipinski definition) is 3. The first kappa shape index (κ1) is 18.0. The number of carbonyl (C=O) groups is 1. The van der Waals surface area contributed by atoms with Gasteiger partial charge in [-0.05, 0) is 54.9 Å². The van der Waals surface area contributed by atoms with Crippen LogP contribution in [0.1, 0.15) is 52.0 Å². The van der Waals surface area contributed by atoms with Gasteiger partial charge in [0.1, 0.15) is 5.75 Å². The number of nitrogens with zero attached hydrogens (tertiary/aromatic N) is 1. The van der Waals surface area contributed by atoms with Gasteiger partial charge in [-0.2, -0.15) is 5.10 Å². The standard InChI is InChI=1S/C23H28N2O2/c1-15(2)27-20-12-11-16-8-4-5-9-17(16)18(20)14-24-25-22(26)21-19-10-6-7-13-23(19,21)3/h4-5,8-9,11-12,14-15,19,21H,6-7,10,13H2,1-3H3,(H,25,26)/b24-14+. The van der Waals surface area contributed by atoms with Crippen LogP contribution in [-0.4, -0.2) is 18.2 Å². The number of ether oxygens (including phenoxy) is 1. The van der Waals surface area contributed by atoms with Gasteiger partial charge in [0.15, 0.2) is 0 Å². The van der Waals surface area contributed by atoms with Crippen LogP contribution in [0.5, 0.6) is 5.75 Å². The van der Waals surface area contributed by atoms with E-state index in [1.165, 1.54) is 19.3 Å². The maximum Gasteiger partial charge on any atom is 0.244 e. The Morgan fingerprint density at radius 3 is 2.81 bits per heavy atom. The Morgan fingerprint density at radius 1 is 1.26 bits per heavy atom. The Hall–Kier alpha value is -2.36. The molecule has 2 aromatic carbocycles. The molecule has 0 heterocycles. The summed E-state index contributed by atoms with van der Waals surface area (Å²) in [5.41, 5.74) is 3.90. The molecular weight excluding hydrogens is 336 g/mol. The van der Waals surface area contributed by atoms with E-state index in [2.05, 4.69) is 35.7 Å². The maximum absolute atomic E-state index is 12.6. The van der Waals surface area contributed by atoms with Crippen molar-refractivity contribution in [1.29, 1.82) is 0 Å². The van der Waals surface area contributed by atoms with E-state index in [0.29, 0.717) is 5.92 Å². The SMILES string of the molecule is CC(C)Oc1ccc2ccccc2c1/C=N/NC(=O)C1C2CCCCC21C. The summed E-state index contributed by atoms with van der Waals surface area (Å²) in [6, 6.07) is 12.2. The van der Waals surface area contributed by atoms with Gasteiger partial charge in [0.2, 0.25) is 5.91 Å². The lowest BCUT2D eigenvalue weighted by atomic mass is 9.90. The van der Waals surface area contributed by atoms with Gasteiger partial charge in [-0.1, -0.05) is 50.1 Å². The molecule has 0 spiro atoms. The molecule has 27 heavy (non-hydrogen) atoms. The topological polar surface area (TPSA) is 50.7 Å². The van der Waals surface area contributed by atoms with Gasteiger partial charge in [0.25, 0.3) is 0 Å². The van der Waals surface area contributed by atoms with Crippen LogP contribution in [-0.2, 0) is 4.79 Å². The van der Waals surface area contributed by atoms with Gasteiger partial charge < -0.3 is 4.74 Å². The van der Waals surface area contributed by atoms with Crippen molar-refractivity contribution in [3.8, 4) is 5.75 Å². The third-order valence-electron chi connectivity index (χ3n) is 6.28. The van der Waals surface area contributed by atoms with Crippen LogP contribution in [0.15, 0.2) is 41.5 Å². The van der Waals surface area contributed by atoms with Crippen LogP contribution in [0.4, 0.5) is 0 Å². The molecule has 0 bridgehead atoms. The minimum atomic E-state index is 0.0622. The number of fused-ring (bicyclic) bond motifs is 2. The van der Waals surface area contributed by atoms with Crippen molar-refractivity contribution in [3.63, 3.8) is 0 Å². The molecule has 4 rings (SSSR count). The molecule has 1 N–H and O–H groups in total. The number of hydrogen-bond donors (Lipinski definition) is 1. The predicted molar refractivity (Wildman–Crippen MR) is 109 cm³/mol. The van der Waals surface area contributed by atoms with Crippen LogP contribution in [0.25, 0.3) is 10.8 Å². The molecule has 3 atom stereocenters. The van der Waals surface area contributed by atoms with E-state index < -0.39 is 0 Å². The summed E-state index contributed by atoms with van der Waals surface area (Å²) in [7, 11) is 0. The van der Waals surface area contributed by atoms with E-state index in [1.807, 2.05) is 32.0 Å². The first-order chi connectivity index (χ1) is 13.0. The molecule has 2 aliphatic carbocycles. The highest BCUT2D eigenvalue weighted by Crippen LogP contribution is 2.66. The number of hydrazone groups is 1. The highest BCUT2D eigenvalue weighted by Gasteiger charge is 2.64. The van der Waals surface area contributed by atoms with E-state index in [9.17, 15) is 4.79 Å².